The maximum Gasteiger partial charge on any atom is 0.227 e. The minimum Gasteiger partial charge on any atom is -0.315 e. The zero-order valence-electron chi connectivity index (χ0n) is 10.0. The molecule has 1 aromatic carbocycles. The summed E-state index contributed by atoms with van der Waals surface area (Å²) >= 11 is 0. The fraction of sp³-hybridized carbons (Fsp3) is 0.462. The molecule has 1 aliphatic heterocycles. The number of aryl methyl sites for hydroxylation is 1. The van der Waals surface area contributed by atoms with E-state index in [1.165, 1.54) is 12.1 Å². The van der Waals surface area contributed by atoms with E-state index in [0.717, 1.165) is 24.3 Å². The number of likely N-dealkylation sites (N-methyl/N-ethyl adjacent to an activating group) is 1. The molecule has 0 radical (unpaired) electrons. The number of carbonyl (C=O) groups excluding carboxylic acids is 1. The minimum absolute atomic E-state index is 0.127. The molecular weight excluding hydrogens is 219 g/mol. The first kappa shape index (κ1) is 12.0. The van der Waals surface area contributed by atoms with Crippen molar-refractivity contribution >= 4 is 11.6 Å². The van der Waals surface area contributed by atoms with Crippen LogP contribution >= 0.6 is 0 Å². The zero-order chi connectivity index (χ0) is 12.3. The summed E-state index contributed by atoms with van der Waals surface area (Å²) < 4.78 is 13.1. The summed E-state index contributed by atoms with van der Waals surface area (Å²) in [5, 5.41) is 3.19. The van der Waals surface area contributed by atoms with Gasteiger partial charge in [0.25, 0.3) is 0 Å². The highest BCUT2D eigenvalue weighted by Gasteiger charge is 2.23. The average Bonchev–Trinajstić information content (AvgIpc) is 2.32. The molecule has 92 valence electrons. The standard InChI is InChI=1S/C13H17FN2O/c1-2-15-7-8-16-12-5-4-11(14)9-10(12)3-6-13(16)17/h4-5,9,15H,2-3,6-8H2,1H3. The molecule has 1 aromatic rings. The van der Waals surface area contributed by atoms with Crippen molar-refractivity contribution in [3.05, 3.63) is 29.6 Å². The fourth-order valence-corrected chi connectivity index (χ4v) is 2.14. The summed E-state index contributed by atoms with van der Waals surface area (Å²) in [4.78, 5) is 13.6. The lowest BCUT2D eigenvalue weighted by molar-refractivity contribution is -0.118. The van der Waals surface area contributed by atoms with Gasteiger partial charge in [0.05, 0.1) is 0 Å². The van der Waals surface area contributed by atoms with E-state index in [-0.39, 0.29) is 11.7 Å². The van der Waals surface area contributed by atoms with Gasteiger partial charge in [-0.05, 0) is 36.7 Å². The van der Waals surface area contributed by atoms with Gasteiger partial charge in [0.1, 0.15) is 5.82 Å². The Morgan fingerprint density at radius 3 is 3.00 bits per heavy atom. The minimum atomic E-state index is -0.232. The first-order valence-corrected chi connectivity index (χ1v) is 6.02. The van der Waals surface area contributed by atoms with E-state index in [2.05, 4.69) is 5.32 Å². The molecule has 0 atom stereocenters. The lowest BCUT2D eigenvalue weighted by Crippen LogP contribution is -2.39. The van der Waals surface area contributed by atoms with Gasteiger partial charge in [-0.3, -0.25) is 4.79 Å². The molecule has 0 saturated carbocycles. The highest BCUT2D eigenvalue weighted by Crippen LogP contribution is 2.27. The largest absolute Gasteiger partial charge is 0.315 e. The Balaban J connectivity index is 2.18. The predicted molar refractivity (Wildman–Crippen MR) is 65.6 cm³/mol. The lowest BCUT2D eigenvalue weighted by Gasteiger charge is -2.29. The van der Waals surface area contributed by atoms with Crippen molar-refractivity contribution < 1.29 is 9.18 Å². The van der Waals surface area contributed by atoms with Crippen LogP contribution in [0, 0.1) is 5.82 Å². The molecule has 17 heavy (non-hydrogen) atoms. The topological polar surface area (TPSA) is 32.3 Å². The molecule has 1 heterocycles. The second kappa shape index (κ2) is 5.27. The molecule has 0 fully saturated rings. The van der Waals surface area contributed by atoms with Crippen LogP contribution in [0.3, 0.4) is 0 Å². The molecule has 4 heteroatoms. The number of anilines is 1. The Bertz CT molecular complexity index is 420. The van der Waals surface area contributed by atoms with Crippen molar-refractivity contribution in [3.8, 4) is 0 Å². The Kier molecular flexibility index (Phi) is 3.74. The van der Waals surface area contributed by atoms with Crippen molar-refractivity contribution in [3.63, 3.8) is 0 Å². The fourth-order valence-electron chi connectivity index (χ4n) is 2.14. The number of fused-ring (bicyclic) bond motifs is 1. The third kappa shape index (κ3) is 2.64. The van der Waals surface area contributed by atoms with Gasteiger partial charge < -0.3 is 10.2 Å². The van der Waals surface area contributed by atoms with Crippen LogP contribution in [0.4, 0.5) is 10.1 Å². The number of hydrogen-bond acceptors (Lipinski definition) is 2. The molecule has 0 unspecified atom stereocenters. The van der Waals surface area contributed by atoms with E-state index in [0.29, 0.717) is 19.4 Å². The zero-order valence-corrected chi connectivity index (χ0v) is 10.0. The van der Waals surface area contributed by atoms with Crippen LogP contribution in [0.25, 0.3) is 0 Å². The normalized spacial score (nSPS) is 14.9. The number of carbonyl (C=O) groups is 1. The van der Waals surface area contributed by atoms with E-state index < -0.39 is 0 Å². The molecule has 0 aliphatic carbocycles. The predicted octanol–water partition coefficient (Wildman–Crippen LogP) is 1.71. The molecular formula is C13H17FN2O. The van der Waals surface area contributed by atoms with Crippen LogP contribution in [0.5, 0.6) is 0 Å². The van der Waals surface area contributed by atoms with Crippen LogP contribution in [0.15, 0.2) is 18.2 Å². The highest BCUT2D eigenvalue weighted by atomic mass is 19.1. The average molecular weight is 236 g/mol. The van der Waals surface area contributed by atoms with E-state index in [1.807, 2.05) is 6.92 Å². The number of rotatable bonds is 4. The van der Waals surface area contributed by atoms with Gasteiger partial charge >= 0.3 is 0 Å². The van der Waals surface area contributed by atoms with Crippen molar-refractivity contribution in [1.82, 2.24) is 5.32 Å². The van der Waals surface area contributed by atoms with E-state index in [4.69, 9.17) is 0 Å². The van der Waals surface area contributed by atoms with Gasteiger partial charge in [-0.2, -0.15) is 0 Å². The van der Waals surface area contributed by atoms with Crippen molar-refractivity contribution in [2.75, 3.05) is 24.5 Å². The highest BCUT2D eigenvalue weighted by molar-refractivity contribution is 5.96. The number of halogens is 1. The Morgan fingerprint density at radius 2 is 2.24 bits per heavy atom. The third-order valence-corrected chi connectivity index (χ3v) is 3.00. The van der Waals surface area contributed by atoms with Gasteiger partial charge in [0.15, 0.2) is 0 Å². The van der Waals surface area contributed by atoms with Gasteiger partial charge in [-0.15, -0.1) is 0 Å². The summed E-state index contributed by atoms with van der Waals surface area (Å²) in [6.45, 7) is 4.32. The van der Waals surface area contributed by atoms with Gasteiger partial charge in [-0.1, -0.05) is 6.92 Å². The van der Waals surface area contributed by atoms with E-state index in [1.54, 1.807) is 11.0 Å². The third-order valence-electron chi connectivity index (χ3n) is 3.00. The molecule has 0 bridgehead atoms. The van der Waals surface area contributed by atoms with Crippen LogP contribution in [-0.2, 0) is 11.2 Å². The molecule has 0 aromatic heterocycles. The summed E-state index contributed by atoms with van der Waals surface area (Å²) in [5.74, 6) is -0.105. The quantitative estimate of drug-likeness (QED) is 0.807. The molecule has 0 spiro atoms. The number of nitrogens with one attached hydrogen (secondary N) is 1. The Hall–Kier alpha value is -1.42. The first-order valence-electron chi connectivity index (χ1n) is 6.02. The molecule has 0 saturated heterocycles. The maximum absolute atomic E-state index is 13.1. The van der Waals surface area contributed by atoms with Crippen molar-refractivity contribution in [2.45, 2.75) is 19.8 Å². The summed E-state index contributed by atoms with van der Waals surface area (Å²) in [6.07, 6.45) is 1.12. The SMILES string of the molecule is CCNCCN1C(=O)CCc2cc(F)ccc21. The first-order chi connectivity index (χ1) is 8.22. The molecule has 1 aliphatic rings. The van der Waals surface area contributed by atoms with Gasteiger partial charge in [-0.25, -0.2) is 4.39 Å². The Morgan fingerprint density at radius 1 is 1.41 bits per heavy atom. The van der Waals surface area contributed by atoms with E-state index >= 15 is 0 Å². The smallest absolute Gasteiger partial charge is 0.227 e. The second-order valence-corrected chi connectivity index (χ2v) is 4.17. The summed E-state index contributed by atoms with van der Waals surface area (Å²) in [5.41, 5.74) is 1.79. The molecule has 2 rings (SSSR count). The van der Waals surface area contributed by atoms with Crippen LogP contribution < -0.4 is 10.2 Å². The van der Waals surface area contributed by atoms with Crippen LogP contribution in [0.2, 0.25) is 0 Å². The van der Waals surface area contributed by atoms with Gasteiger partial charge in [0.2, 0.25) is 5.91 Å². The Labute approximate surface area is 101 Å². The second-order valence-electron chi connectivity index (χ2n) is 4.17. The molecule has 3 nitrogen and oxygen atoms in total. The van der Waals surface area contributed by atoms with Crippen LogP contribution in [0.1, 0.15) is 18.9 Å². The lowest BCUT2D eigenvalue weighted by atomic mass is 10.0. The number of hydrogen-bond donors (Lipinski definition) is 1. The monoisotopic (exact) mass is 236 g/mol. The van der Waals surface area contributed by atoms with E-state index in [9.17, 15) is 9.18 Å². The van der Waals surface area contributed by atoms with Crippen molar-refractivity contribution in [1.29, 1.82) is 0 Å². The molecule has 1 N–H and O–H groups in total. The number of amides is 1. The summed E-state index contributed by atoms with van der Waals surface area (Å²) in [7, 11) is 0. The molecule has 1 amide bonds. The van der Waals surface area contributed by atoms with Gasteiger partial charge in [0, 0.05) is 25.2 Å². The number of nitrogens with zero attached hydrogens (tertiary/aromatic N) is 1. The maximum atomic E-state index is 13.1. The summed E-state index contributed by atoms with van der Waals surface area (Å²) in [6, 6.07) is 4.65. The van der Waals surface area contributed by atoms with Crippen LogP contribution in [-0.4, -0.2) is 25.5 Å². The number of benzene rings is 1. The van der Waals surface area contributed by atoms with Crippen molar-refractivity contribution in [2.24, 2.45) is 0 Å².